The van der Waals surface area contributed by atoms with E-state index in [0.717, 1.165) is 38.5 Å². The molecule has 0 aromatic carbocycles. The van der Waals surface area contributed by atoms with Crippen LogP contribution < -0.4 is 5.32 Å². The molecule has 38 heavy (non-hydrogen) atoms. The first-order valence-electron chi connectivity index (χ1n) is 15.6. The summed E-state index contributed by atoms with van der Waals surface area (Å²) in [6, 6.07) is -0.901. The fourth-order valence-electron chi connectivity index (χ4n) is 4.57. The van der Waals surface area contributed by atoms with Crippen LogP contribution in [0.4, 0.5) is 0 Å². The number of phosphoric acid groups is 1. The van der Waals surface area contributed by atoms with Crippen LogP contribution in [0.15, 0.2) is 12.2 Å². The number of carbonyl (C=O) groups excluding carboxylic acids is 1. The summed E-state index contributed by atoms with van der Waals surface area (Å²) in [6.07, 6.45) is 28.0. The molecule has 226 valence electrons. The molecule has 0 saturated carbocycles. The Morgan fingerprint density at radius 3 is 1.61 bits per heavy atom. The highest BCUT2D eigenvalue weighted by Gasteiger charge is 2.24. The van der Waals surface area contributed by atoms with Gasteiger partial charge in [0.2, 0.25) is 5.91 Å². The normalized spacial score (nSPS) is 13.7. The monoisotopic (exact) mass is 561 g/mol. The van der Waals surface area contributed by atoms with Gasteiger partial charge in [0, 0.05) is 6.42 Å². The lowest BCUT2D eigenvalue weighted by atomic mass is 10.0. The summed E-state index contributed by atoms with van der Waals surface area (Å²) in [6.45, 7) is 4.01. The van der Waals surface area contributed by atoms with Crippen molar-refractivity contribution >= 4 is 13.7 Å². The molecule has 7 nitrogen and oxygen atoms in total. The van der Waals surface area contributed by atoms with E-state index in [9.17, 15) is 14.5 Å². The molecule has 0 aliphatic heterocycles. The van der Waals surface area contributed by atoms with Crippen molar-refractivity contribution in [3.8, 4) is 0 Å². The van der Waals surface area contributed by atoms with Crippen LogP contribution in [0.1, 0.15) is 155 Å². The van der Waals surface area contributed by atoms with Crippen LogP contribution in [-0.4, -0.2) is 39.6 Å². The molecule has 1 amide bonds. The van der Waals surface area contributed by atoms with Gasteiger partial charge in [0.15, 0.2) is 0 Å². The van der Waals surface area contributed by atoms with E-state index in [1.54, 1.807) is 6.08 Å². The Labute approximate surface area is 233 Å². The molecule has 0 unspecified atom stereocenters. The molecular formula is C30H60NO6P. The van der Waals surface area contributed by atoms with E-state index in [2.05, 4.69) is 23.7 Å². The molecule has 0 aliphatic rings. The van der Waals surface area contributed by atoms with Crippen LogP contribution >= 0.6 is 7.82 Å². The second kappa shape index (κ2) is 26.5. The van der Waals surface area contributed by atoms with Crippen LogP contribution in [0.25, 0.3) is 0 Å². The maximum Gasteiger partial charge on any atom is 0.469 e. The molecule has 0 rings (SSSR count). The summed E-state index contributed by atoms with van der Waals surface area (Å²) in [5.41, 5.74) is 0. The highest BCUT2D eigenvalue weighted by atomic mass is 31.2. The van der Waals surface area contributed by atoms with Gasteiger partial charge in [-0.1, -0.05) is 142 Å². The third kappa shape index (κ3) is 26.9. The Hall–Kier alpha value is -0.720. The predicted molar refractivity (Wildman–Crippen MR) is 158 cm³/mol. The Morgan fingerprint density at radius 2 is 1.16 bits per heavy atom. The Kier molecular flexibility index (Phi) is 26.0. The van der Waals surface area contributed by atoms with Crippen molar-refractivity contribution in [3.05, 3.63) is 12.2 Å². The first-order valence-corrected chi connectivity index (χ1v) is 17.2. The zero-order valence-electron chi connectivity index (χ0n) is 24.6. The summed E-state index contributed by atoms with van der Waals surface area (Å²) in [7, 11) is -4.69. The summed E-state index contributed by atoms with van der Waals surface area (Å²) in [5.74, 6) is -0.231. The molecule has 0 aromatic heterocycles. The number of aliphatic hydroxyl groups is 1. The molecular weight excluding hydrogens is 501 g/mol. The zero-order chi connectivity index (χ0) is 28.3. The predicted octanol–water partition coefficient (Wildman–Crippen LogP) is 8.12. The number of rotatable bonds is 28. The van der Waals surface area contributed by atoms with E-state index < -0.39 is 26.6 Å². The summed E-state index contributed by atoms with van der Waals surface area (Å²) in [4.78, 5) is 30.5. The van der Waals surface area contributed by atoms with Crippen LogP contribution in [0.5, 0.6) is 0 Å². The fourth-order valence-corrected chi connectivity index (χ4v) is 4.93. The number of amides is 1. The van der Waals surface area contributed by atoms with Gasteiger partial charge >= 0.3 is 7.82 Å². The lowest BCUT2D eigenvalue weighted by molar-refractivity contribution is -0.123. The number of carbonyl (C=O) groups is 1. The molecule has 0 bridgehead atoms. The van der Waals surface area contributed by atoms with Crippen molar-refractivity contribution < 1.29 is 28.8 Å². The second-order valence-corrected chi connectivity index (χ2v) is 12.0. The van der Waals surface area contributed by atoms with Gasteiger partial charge in [0.25, 0.3) is 0 Å². The lowest BCUT2D eigenvalue weighted by Gasteiger charge is -2.22. The zero-order valence-corrected chi connectivity index (χ0v) is 25.5. The smallest absolute Gasteiger partial charge is 0.387 e. The first kappa shape index (κ1) is 37.3. The maximum atomic E-state index is 12.4. The molecule has 8 heteroatoms. The molecule has 4 N–H and O–H groups in total. The summed E-state index contributed by atoms with van der Waals surface area (Å²) in [5, 5.41) is 13.2. The highest BCUT2D eigenvalue weighted by molar-refractivity contribution is 7.46. The Bertz CT molecular complexity index is 610. The van der Waals surface area contributed by atoms with E-state index in [1.165, 1.54) is 96.3 Å². The molecule has 0 saturated heterocycles. The minimum Gasteiger partial charge on any atom is -0.387 e. The molecule has 0 aliphatic carbocycles. The third-order valence-electron chi connectivity index (χ3n) is 7.00. The molecule has 0 fully saturated rings. The minimum absolute atomic E-state index is 0.231. The average molecular weight is 562 g/mol. The van der Waals surface area contributed by atoms with Gasteiger partial charge in [-0.05, 0) is 19.3 Å². The van der Waals surface area contributed by atoms with Gasteiger partial charge in [-0.15, -0.1) is 0 Å². The van der Waals surface area contributed by atoms with Crippen LogP contribution in [-0.2, 0) is 13.9 Å². The molecule has 0 spiro atoms. The molecule has 2 atom stereocenters. The van der Waals surface area contributed by atoms with Gasteiger partial charge in [-0.25, -0.2) is 4.57 Å². The van der Waals surface area contributed by atoms with Crippen molar-refractivity contribution in [2.24, 2.45) is 0 Å². The lowest BCUT2D eigenvalue weighted by Crippen LogP contribution is -2.45. The number of nitrogens with one attached hydrogen (secondary N) is 1. The van der Waals surface area contributed by atoms with Gasteiger partial charge in [0.1, 0.15) is 0 Å². The van der Waals surface area contributed by atoms with Gasteiger partial charge in [-0.3, -0.25) is 9.32 Å². The van der Waals surface area contributed by atoms with Crippen molar-refractivity contribution in [2.45, 2.75) is 167 Å². The van der Waals surface area contributed by atoms with Crippen molar-refractivity contribution in [2.75, 3.05) is 6.61 Å². The van der Waals surface area contributed by atoms with E-state index in [0.29, 0.717) is 6.42 Å². The quantitative estimate of drug-likeness (QED) is 0.0435. The number of allylic oxidation sites excluding steroid dienone is 1. The van der Waals surface area contributed by atoms with E-state index in [4.69, 9.17) is 9.79 Å². The minimum atomic E-state index is -4.69. The Balaban J connectivity index is 4.16. The number of hydrogen-bond acceptors (Lipinski definition) is 4. The fraction of sp³-hybridized carbons (Fsp3) is 0.900. The maximum absolute atomic E-state index is 12.4. The van der Waals surface area contributed by atoms with E-state index in [-0.39, 0.29) is 5.91 Å². The highest BCUT2D eigenvalue weighted by Crippen LogP contribution is 2.35. The SMILES string of the molecule is CCCCCCCCCCCC/C=C/[C@@H](O)[C@H](COP(=O)(O)O)NC(=O)CCCCCCCCCCCC. The molecule has 0 heterocycles. The topological polar surface area (TPSA) is 116 Å². The molecule has 0 radical (unpaired) electrons. The standard InChI is InChI=1S/C30H60NO6P/c1-3-5-7-9-11-13-15-16-17-19-21-23-25-29(32)28(27-37-38(34,35)36)31-30(33)26-24-22-20-18-14-12-10-8-6-4-2/h23,25,28-29,32H,3-22,24,26-27H2,1-2H3,(H,31,33)(H2,34,35,36)/b25-23+/t28-,29+/m0/s1. The second-order valence-electron chi connectivity index (χ2n) is 10.8. The van der Waals surface area contributed by atoms with Crippen molar-refractivity contribution in [1.29, 1.82) is 0 Å². The van der Waals surface area contributed by atoms with E-state index >= 15 is 0 Å². The molecule has 0 aromatic rings. The Morgan fingerprint density at radius 1 is 0.737 bits per heavy atom. The third-order valence-corrected chi connectivity index (χ3v) is 7.48. The number of unbranched alkanes of at least 4 members (excludes halogenated alkanes) is 19. The van der Waals surface area contributed by atoms with Crippen LogP contribution in [0.3, 0.4) is 0 Å². The van der Waals surface area contributed by atoms with Crippen molar-refractivity contribution in [3.63, 3.8) is 0 Å². The number of hydrogen-bond donors (Lipinski definition) is 4. The van der Waals surface area contributed by atoms with Crippen LogP contribution in [0, 0.1) is 0 Å². The summed E-state index contributed by atoms with van der Waals surface area (Å²) < 4.78 is 15.7. The number of phosphoric ester groups is 1. The van der Waals surface area contributed by atoms with Gasteiger partial charge in [0.05, 0.1) is 18.8 Å². The number of aliphatic hydroxyl groups excluding tert-OH is 1. The van der Waals surface area contributed by atoms with Crippen molar-refractivity contribution in [1.82, 2.24) is 5.32 Å². The first-order chi connectivity index (χ1) is 18.3. The largest absolute Gasteiger partial charge is 0.469 e. The average Bonchev–Trinajstić information content (AvgIpc) is 2.87. The van der Waals surface area contributed by atoms with Crippen LogP contribution in [0.2, 0.25) is 0 Å². The van der Waals surface area contributed by atoms with E-state index in [1.807, 2.05) is 6.08 Å². The van der Waals surface area contributed by atoms with Gasteiger partial charge in [-0.2, -0.15) is 0 Å². The van der Waals surface area contributed by atoms with Gasteiger partial charge < -0.3 is 20.2 Å². The summed E-state index contributed by atoms with van der Waals surface area (Å²) >= 11 is 0.